The van der Waals surface area contributed by atoms with Crippen LogP contribution in [0.3, 0.4) is 0 Å². The van der Waals surface area contributed by atoms with Crippen molar-refractivity contribution in [3.05, 3.63) is 0 Å². The molecule has 1 unspecified atom stereocenters. The molecule has 0 saturated carbocycles. The Balaban J connectivity index is 2.31. The van der Waals surface area contributed by atoms with Crippen LogP contribution in [-0.4, -0.2) is 76.9 Å². The standard InChI is InChI=1S/C12H23N3O4/c1-3-9(2)14-4-6-15(7-5-14)12(19)13-8-10(16)11(17)18/h9-10,16H,3-8H2,1-2H3,(H,13,19)(H,17,18)/t9?,10-/m0/s1. The van der Waals surface area contributed by atoms with Gasteiger partial charge in [-0.2, -0.15) is 0 Å². The molecule has 1 heterocycles. The molecule has 3 N–H and O–H groups in total. The highest BCUT2D eigenvalue weighted by atomic mass is 16.4. The summed E-state index contributed by atoms with van der Waals surface area (Å²) in [5.41, 5.74) is 0. The molecule has 0 bridgehead atoms. The molecule has 19 heavy (non-hydrogen) atoms. The quantitative estimate of drug-likeness (QED) is 0.631. The van der Waals surface area contributed by atoms with Crippen molar-refractivity contribution in [3.63, 3.8) is 0 Å². The lowest BCUT2D eigenvalue weighted by Crippen LogP contribution is -2.54. The van der Waals surface area contributed by atoms with Crippen molar-refractivity contribution in [1.29, 1.82) is 0 Å². The molecule has 7 nitrogen and oxygen atoms in total. The summed E-state index contributed by atoms with van der Waals surface area (Å²) in [4.78, 5) is 26.2. The van der Waals surface area contributed by atoms with Crippen LogP contribution in [0.2, 0.25) is 0 Å². The Kier molecular flexibility index (Phi) is 6.04. The molecule has 0 aromatic rings. The molecule has 0 radical (unpaired) electrons. The lowest BCUT2D eigenvalue weighted by Gasteiger charge is -2.37. The fourth-order valence-electron chi connectivity index (χ4n) is 2.01. The molecule has 0 aliphatic carbocycles. The van der Waals surface area contributed by atoms with E-state index in [0.29, 0.717) is 19.1 Å². The maximum atomic E-state index is 11.8. The highest BCUT2D eigenvalue weighted by Gasteiger charge is 2.24. The molecule has 1 rings (SSSR count). The first-order valence-corrected chi connectivity index (χ1v) is 6.63. The molecule has 1 saturated heterocycles. The van der Waals surface area contributed by atoms with Crippen molar-refractivity contribution in [2.75, 3.05) is 32.7 Å². The van der Waals surface area contributed by atoms with E-state index in [0.717, 1.165) is 19.5 Å². The molecule has 1 fully saturated rings. The fourth-order valence-corrected chi connectivity index (χ4v) is 2.01. The summed E-state index contributed by atoms with van der Waals surface area (Å²) in [6.45, 7) is 6.93. The van der Waals surface area contributed by atoms with Crippen LogP contribution in [0.15, 0.2) is 0 Å². The van der Waals surface area contributed by atoms with E-state index in [1.54, 1.807) is 4.90 Å². The molecule has 2 atom stereocenters. The topological polar surface area (TPSA) is 93.1 Å². The molecule has 0 aromatic carbocycles. The van der Waals surface area contributed by atoms with Gasteiger partial charge in [0, 0.05) is 32.2 Å². The number of carbonyl (C=O) groups is 2. The number of rotatable bonds is 5. The second-order valence-corrected chi connectivity index (χ2v) is 4.82. The van der Waals surface area contributed by atoms with Crippen molar-refractivity contribution in [1.82, 2.24) is 15.1 Å². The summed E-state index contributed by atoms with van der Waals surface area (Å²) < 4.78 is 0. The SMILES string of the molecule is CCC(C)N1CCN(C(=O)NC[C@H](O)C(=O)O)CC1. The zero-order chi connectivity index (χ0) is 14.4. The van der Waals surface area contributed by atoms with Crippen molar-refractivity contribution >= 4 is 12.0 Å². The fraction of sp³-hybridized carbons (Fsp3) is 0.833. The predicted octanol–water partition coefficient (Wildman–Crippen LogP) is -0.442. The number of nitrogens with one attached hydrogen (secondary N) is 1. The summed E-state index contributed by atoms with van der Waals surface area (Å²) in [6, 6.07) is 0.197. The molecule has 1 aliphatic heterocycles. The second kappa shape index (κ2) is 7.30. The Hall–Kier alpha value is -1.34. The monoisotopic (exact) mass is 273 g/mol. The van der Waals surface area contributed by atoms with Gasteiger partial charge in [0.1, 0.15) is 0 Å². The van der Waals surface area contributed by atoms with Crippen molar-refractivity contribution in [2.45, 2.75) is 32.4 Å². The van der Waals surface area contributed by atoms with Crippen molar-refractivity contribution in [3.8, 4) is 0 Å². The molecule has 7 heteroatoms. The number of aliphatic carboxylic acids is 1. The highest BCUT2D eigenvalue weighted by molar-refractivity contribution is 5.76. The van der Waals surface area contributed by atoms with Gasteiger partial charge < -0.3 is 20.4 Å². The number of urea groups is 1. The Morgan fingerprint density at radius 3 is 2.32 bits per heavy atom. The third-order valence-electron chi connectivity index (χ3n) is 3.55. The minimum Gasteiger partial charge on any atom is -0.479 e. The van der Waals surface area contributed by atoms with Crippen LogP contribution in [0.5, 0.6) is 0 Å². The minimum atomic E-state index is -1.55. The van der Waals surface area contributed by atoms with E-state index in [1.165, 1.54) is 0 Å². The number of nitrogens with zero attached hydrogens (tertiary/aromatic N) is 2. The molecule has 110 valence electrons. The minimum absolute atomic E-state index is 0.264. The van der Waals surface area contributed by atoms with Crippen LogP contribution in [0, 0.1) is 0 Å². The van der Waals surface area contributed by atoms with Gasteiger partial charge in [0.25, 0.3) is 0 Å². The number of piperazine rings is 1. The molecular formula is C12H23N3O4. The van der Waals surface area contributed by atoms with Crippen LogP contribution in [0.25, 0.3) is 0 Å². The van der Waals surface area contributed by atoms with Gasteiger partial charge in [0.05, 0.1) is 6.54 Å². The number of hydrogen-bond donors (Lipinski definition) is 3. The largest absolute Gasteiger partial charge is 0.479 e. The van der Waals surface area contributed by atoms with Gasteiger partial charge in [-0.3, -0.25) is 4.90 Å². The predicted molar refractivity (Wildman–Crippen MR) is 69.9 cm³/mol. The van der Waals surface area contributed by atoms with E-state index in [9.17, 15) is 9.59 Å². The Morgan fingerprint density at radius 1 is 1.26 bits per heavy atom. The zero-order valence-electron chi connectivity index (χ0n) is 11.5. The van der Waals surface area contributed by atoms with E-state index >= 15 is 0 Å². The number of aliphatic hydroxyl groups is 1. The van der Waals surface area contributed by atoms with Gasteiger partial charge in [0.15, 0.2) is 6.10 Å². The summed E-state index contributed by atoms with van der Waals surface area (Å²) in [6.07, 6.45) is -0.470. The second-order valence-electron chi connectivity index (χ2n) is 4.82. The van der Waals surface area contributed by atoms with E-state index in [-0.39, 0.29) is 12.6 Å². The summed E-state index contributed by atoms with van der Waals surface area (Å²) in [5.74, 6) is -1.33. The van der Waals surface area contributed by atoms with E-state index < -0.39 is 12.1 Å². The third kappa shape index (κ3) is 4.68. The van der Waals surface area contributed by atoms with Crippen molar-refractivity contribution < 1.29 is 19.8 Å². The van der Waals surface area contributed by atoms with Crippen LogP contribution in [0.4, 0.5) is 4.79 Å². The normalized spacial score (nSPS) is 19.8. The van der Waals surface area contributed by atoms with Crippen LogP contribution < -0.4 is 5.32 Å². The van der Waals surface area contributed by atoms with E-state index in [1.807, 2.05) is 0 Å². The number of amides is 2. The number of carboxylic acids is 1. The number of hydrogen-bond acceptors (Lipinski definition) is 4. The Labute approximate surface area is 113 Å². The Morgan fingerprint density at radius 2 is 1.84 bits per heavy atom. The summed E-state index contributed by atoms with van der Waals surface area (Å²) >= 11 is 0. The number of carboxylic acid groups (broad SMARTS) is 1. The first-order chi connectivity index (χ1) is 8.95. The van der Waals surface area contributed by atoms with Gasteiger partial charge in [-0.15, -0.1) is 0 Å². The maximum Gasteiger partial charge on any atom is 0.334 e. The highest BCUT2D eigenvalue weighted by Crippen LogP contribution is 2.08. The van der Waals surface area contributed by atoms with Crippen LogP contribution >= 0.6 is 0 Å². The summed E-state index contributed by atoms with van der Waals surface area (Å²) in [5, 5.41) is 20.0. The molecule has 2 amide bonds. The molecule has 0 aromatic heterocycles. The Bertz CT molecular complexity index is 316. The average Bonchev–Trinajstić information content (AvgIpc) is 2.43. The van der Waals surface area contributed by atoms with Gasteiger partial charge >= 0.3 is 12.0 Å². The van der Waals surface area contributed by atoms with Crippen LogP contribution in [-0.2, 0) is 4.79 Å². The maximum absolute atomic E-state index is 11.8. The van der Waals surface area contributed by atoms with Gasteiger partial charge in [-0.1, -0.05) is 6.92 Å². The first kappa shape index (κ1) is 15.7. The van der Waals surface area contributed by atoms with Crippen LogP contribution in [0.1, 0.15) is 20.3 Å². The smallest absolute Gasteiger partial charge is 0.334 e. The van der Waals surface area contributed by atoms with E-state index in [2.05, 4.69) is 24.1 Å². The molecular weight excluding hydrogens is 250 g/mol. The molecule has 0 spiro atoms. The van der Waals surface area contributed by atoms with Gasteiger partial charge in [-0.05, 0) is 13.3 Å². The van der Waals surface area contributed by atoms with Gasteiger partial charge in [-0.25, -0.2) is 9.59 Å². The number of aliphatic hydroxyl groups excluding tert-OH is 1. The lowest BCUT2D eigenvalue weighted by atomic mass is 10.2. The van der Waals surface area contributed by atoms with E-state index in [4.69, 9.17) is 10.2 Å². The van der Waals surface area contributed by atoms with Gasteiger partial charge in [0.2, 0.25) is 0 Å². The average molecular weight is 273 g/mol. The molecule has 1 aliphatic rings. The lowest BCUT2D eigenvalue weighted by molar-refractivity contribution is -0.146. The third-order valence-corrected chi connectivity index (χ3v) is 3.55. The zero-order valence-corrected chi connectivity index (χ0v) is 11.5. The van der Waals surface area contributed by atoms with Crippen molar-refractivity contribution in [2.24, 2.45) is 0 Å². The summed E-state index contributed by atoms with van der Waals surface area (Å²) in [7, 11) is 0. The number of carbonyl (C=O) groups excluding carboxylic acids is 1. The first-order valence-electron chi connectivity index (χ1n) is 6.63.